The highest BCUT2D eigenvalue weighted by Gasteiger charge is 2.09. The number of nitrogens with one attached hydrogen (secondary N) is 1. The predicted octanol–water partition coefficient (Wildman–Crippen LogP) is 3.30. The lowest BCUT2D eigenvalue weighted by Gasteiger charge is -1.97. The number of nitrogens with zero attached hydrogens (tertiary/aromatic N) is 3. The Morgan fingerprint density at radius 3 is 2.90 bits per heavy atom. The van der Waals surface area contributed by atoms with Crippen LogP contribution in [-0.4, -0.2) is 15.4 Å². The normalized spacial score (nSPS) is 10.7. The summed E-state index contributed by atoms with van der Waals surface area (Å²) in [6.07, 6.45) is 0. The van der Waals surface area contributed by atoms with Crippen molar-refractivity contribution in [2.24, 2.45) is 0 Å². The minimum absolute atomic E-state index is 0.375. The molecule has 2 aromatic heterocycles. The molecule has 1 N–H and O–H groups in total. The number of hydrogen-bond donors (Lipinski definition) is 1. The van der Waals surface area contributed by atoms with E-state index in [1.807, 2.05) is 19.1 Å². The number of anilines is 1. The Hall–Kier alpha value is -2.34. The van der Waals surface area contributed by atoms with Crippen LogP contribution >= 0.6 is 11.6 Å². The van der Waals surface area contributed by atoms with Gasteiger partial charge in [-0.3, -0.25) is 0 Å². The molecule has 0 aliphatic rings. The number of rotatable bonds is 4. The van der Waals surface area contributed by atoms with Gasteiger partial charge in [0, 0.05) is 16.7 Å². The lowest BCUT2D eigenvalue weighted by Crippen LogP contribution is -1.99. The minimum Gasteiger partial charge on any atom is -0.419 e. The van der Waals surface area contributed by atoms with E-state index >= 15 is 0 Å². The summed E-state index contributed by atoms with van der Waals surface area (Å²) in [4.78, 5) is 0. The molecule has 0 spiro atoms. The molecular formula is C13H11ClN4O2. The topological polar surface area (TPSA) is 77.0 Å². The van der Waals surface area contributed by atoms with Gasteiger partial charge in [0.15, 0.2) is 5.82 Å². The first-order chi connectivity index (χ1) is 9.70. The van der Waals surface area contributed by atoms with Crippen LogP contribution in [0.15, 0.2) is 39.3 Å². The van der Waals surface area contributed by atoms with Gasteiger partial charge in [0.25, 0.3) is 0 Å². The van der Waals surface area contributed by atoms with Crippen molar-refractivity contribution in [2.45, 2.75) is 13.5 Å². The summed E-state index contributed by atoms with van der Waals surface area (Å²) in [6.45, 7) is 2.20. The van der Waals surface area contributed by atoms with Crippen molar-refractivity contribution in [1.29, 1.82) is 0 Å². The summed E-state index contributed by atoms with van der Waals surface area (Å²) >= 11 is 5.92. The van der Waals surface area contributed by atoms with E-state index in [0.29, 0.717) is 29.2 Å². The van der Waals surface area contributed by atoms with Crippen LogP contribution in [0.4, 0.5) is 5.82 Å². The number of hydrogen-bond acceptors (Lipinski definition) is 6. The average Bonchev–Trinajstić information content (AvgIpc) is 3.05. The van der Waals surface area contributed by atoms with Crippen molar-refractivity contribution >= 4 is 17.4 Å². The fourth-order valence-electron chi connectivity index (χ4n) is 1.68. The number of aryl methyl sites for hydroxylation is 1. The second kappa shape index (κ2) is 5.34. The SMILES string of the molecule is Cc1cc(NCc2nnc(-c3cccc(Cl)c3)o2)no1. The third-order valence-electron chi connectivity index (χ3n) is 2.59. The van der Waals surface area contributed by atoms with E-state index in [-0.39, 0.29) is 0 Å². The lowest BCUT2D eigenvalue weighted by molar-refractivity contribution is 0.399. The van der Waals surface area contributed by atoms with Gasteiger partial charge in [-0.1, -0.05) is 22.8 Å². The minimum atomic E-state index is 0.375. The van der Waals surface area contributed by atoms with Gasteiger partial charge in [-0.25, -0.2) is 0 Å². The van der Waals surface area contributed by atoms with Gasteiger partial charge in [-0.15, -0.1) is 10.2 Å². The number of aromatic nitrogens is 3. The third-order valence-corrected chi connectivity index (χ3v) is 2.82. The van der Waals surface area contributed by atoms with Crippen molar-refractivity contribution in [3.63, 3.8) is 0 Å². The van der Waals surface area contributed by atoms with Crippen molar-refractivity contribution in [2.75, 3.05) is 5.32 Å². The molecule has 102 valence electrons. The maximum Gasteiger partial charge on any atom is 0.247 e. The largest absolute Gasteiger partial charge is 0.419 e. The van der Waals surface area contributed by atoms with Crippen molar-refractivity contribution in [3.05, 3.63) is 47.0 Å². The van der Waals surface area contributed by atoms with E-state index < -0.39 is 0 Å². The molecule has 0 radical (unpaired) electrons. The maximum absolute atomic E-state index is 5.92. The first kappa shape index (κ1) is 12.7. The zero-order valence-corrected chi connectivity index (χ0v) is 11.4. The van der Waals surface area contributed by atoms with Crippen LogP contribution in [0.3, 0.4) is 0 Å². The average molecular weight is 291 g/mol. The monoisotopic (exact) mass is 290 g/mol. The fraction of sp³-hybridized carbons (Fsp3) is 0.154. The predicted molar refractivity (Wildman–Crippen MR) is 73.3 cm³/mol. The molecular weight excluding hydrogens is 280 g/mol. The summed E-state index contributed by atoms with van der Waals surface area (Å²) in [6, 6.07) is 9.04. The molecule has 2 heterocycles. The zero-order valence-electron chi connectivity index (χ0n) is 10.6. The van der Waals surface area contributed by atoms with E-state index in [4.69, 9.17) is 20.5 Å². The van der Waals surface area contributed by atoms with Gasteiger partial charge >= 0.3 is 0 Å². The highest BCUT2D eigenvalue weighted by atomic mass is 35.5. The Morgan fingerprint density at radius 1 is 1.25 bits per heavy atom. The summed E-state index contributed by atoms with van der Waals surface area (Å²) in [5.41, 5.74) is 0.786. The van der Waals surface area contributed by atoms with E-state index in [2.05, 4.69) is 20.7 Å². The molecule has 3 rings (SSSR count). The molecule has 0 saturated heterocycles. The zero-order chi connectivity index (χ0) is 13.9. The highest BCUT2D eigenvalue weighted by molar-refractivity contribution is 6.30. The summed E-state index contributed by atoms with van der Waals surface area (Å²) in [7, 11) is 0. The molecule has 20 heavy (non-hydrogen) atoms. The number of benzene rings is 1. The Labute approximate surface area is 119 Å². The van der Waals surface area contributed by atoms with Crippen LogP contribution < -0.4 is 5.32 Å². The Kier molecular flexibility index (Phi) is 3.39. The van der Waals surface area contributed by atoms with E-state index in [0.717, 1.165) is 11.3 Å². The molecule has 0 saturated carbocycles. The smallest absolute Gasteiger partial charge is 0.247 e. The molecule has 0 atom stereocenters. The summed E-state index contributed by atoms with van der Waals surface area (Å²) in [5.74, 6) is 2.25. The second-order valence-corrected chi connectivity index (χ2v) is 4.62. The fourth-order valence-corrected chi connectivity index (χ4v) is 1.87. The molecule has 1 aromatic carbocycles. The van der Waals surface area contributed by atoms with Gasteiger partial charge in [-0.2, -0.15) is 0 Å². The van der Waals surface area contributed by atoms with Crippen LogP contribution in [0.1, 0.15) is 11.7 Å². The van der Waals surface area contributed by atoms with E-state index in [9.17, 15) is 0 Å². The molecule has 3 aromatic rings. The van der Waals surface area contributed by atoms with Gasteiger partial charge in [0.1, 0.15) is 5.76 Å². The second-order valence-electron chi connectivity index (χ2n) is 4.19. The Morgan fingerprint density at radius 2 is 2.15 bits per heavy atom. The quantitative estimate of drug-likeness (QED) is 0.794. The Balaban J connectivity index is 1.70. The highest BCUT2D eigenvalue weighted by Crippen LogP contribution is 2.21. The van der Waals surface area contributed by atoms with Crippen LogP contribution in [0.5, 0.6) is 0 Å². The lowest BCUT2D eigenvalue weighted by atomic mass is 10.2. The van der Waals surface area contributed by atoms with E-state index in [1.54, 1.807) is 18.2 Å². The molecule has 0 aliphatic carbocycles. The molecule has 0 bridgehead atoms. The van der Waals surface area contributed by atoms with Crippen molar-refractivity contribution in [3.8, 4) is 11.5 Å². The van der Waals surface area contributed by atoms with Crippen molar-refractivity contribution in [1.82, 2.24) is 15.4 Å². The molecule has 0 unspecified atom stereocenters. The van der Waals surface area contributed by atoms with Gasteiger partial charge in [-0.05, 0) is 25.1 Å². The molecule has 6 nitrogen and oxygen atoms in total. The van der Waals surface area contributed by atoms with Gasteiger partial charge in [0.05, 0.1) is 6.54 Å². The molecule has 0 aliphatic heterocycles. The van der Waals surface area contributed by atoms with Gasteiger partial charge in [0.2, 0.25) is 11.8 Å². The number of halogens is 1. The van der Waals surface area contributed by atoms with Crippen LogP contribution in [0.25, 0.3) is 11.5 Å². The van der Waals surface area contributed by atoms with E-state index in [1.165, 1.54) is 0 Å². The summed E-state index contributed by atoms with van der Waals surface area (Å²) in [5, 5.41) is 15.4. The molecule has 7 heteroatoms. The van der Waals surface area contributed by atoms with Crippen LogP contribution in [-0.2, 0) is 6.54 Å². The molecule has 0 fully saturated rings. The first-order valence-corrected chi connectivity index (χ1v) is 6.34. The Bertz CT molecular complexity index is 722. The van der Waals surface area contributed by atoms with Crippen LogP contribution in [0, 0.1) is 6.92 Å². The van der Waals surface area contributed by atoms with Crippen molar-refractivity contribution < 1.29 is 8.94 Å². The van der Waals surface area contributed by atoms with Crippen LogP contribution in [0.2, 0.25) is 5.02 Å². The summed E-state index contributed by atoms with van der Waals surface area (Å²) < 4.78 is 10.5. The van der Waals surface area contributed by atoms with Gasteiger partial charge < -0.3 is 14.3 Å². The molecule has 0 amide bonds. The first-order valence-electron chi connectivity index (χ1n) is 5.96. The third kappa shape index (κ3) is 2.80. The standard InChI is InChI=1S/C13H11ClN4O2/c1-8-5-11(18-20-8)15-7-12-16-17-13(19-12)9-3-2-4-10(14)6-9/h2-6H,7H2,1H3,(H,15,18). The maximum atomic E-state index is 5.92.